The molecule has 39 heavy (non-hydrogen) atoms. The van der Waals surface area contributed by atoms with Crippen LogP contribution in [0.2, 0.25) is 0 Å². The van der Waals surface area contributed by atoms with E-state index < -0.39 is 29.1 Å². The van der Waals surface area contributed by atoms with Crippen molar-refractivity contribution in [3.8, 4) is 0 Å². The predicted molar refractivity (Wildman–Crippen MR) is 151 cm³/mol. The fraction of sp³-hybridized carbons (Fsp3) is 0.581. The van der Waals surface area contributed by atoms with E-state index >= 15 is 0 Å². The first-order valence-corrected chi connectivity index (χ1v) is 14.3. The number of likely N-dealkylation sites (tertiary alicyclic amines) is 1. The molecule has 0 saturated carbocycles. The van der Waals surface area contributed by atoms with Gasteiger partial charge in [-0.3, -0.25) is 14.4 Å². The SMILES string of the molecule is C=CCN(CCCCC)C(=O)C1N(CCO)C(=O)[C@@H]2[C@H](C(=O)N(CC=C)c3ccccc3)[C@]3(CC)CCC12O3. The molecule has 3 fully saturated rings. The first-order valence-electron chi connectivity index (χ1n) is 14.3. The van der Waals surface area contributed by atoms with Gasteiger partial charge in [-0.25, -0.2) is 0 Å². The molecule has 0 radical (unpaired) electrons. The van der Waals surface area contributed by atoms with Gasteiger partial charge in [0.2, 0.25) is 17.7 Å². The molecule has 5 atom stereocenters. The zero-order chi connectivity index (χ0) is 28.2. The maximum absolute atomic E-state index is 14.4. The minimum Gasteiger partial charge on any atom is -0.395 e. The first-order chi connectivity index (χ1) is 18.9. The Labute approximate surface area is 232 Å². The highest BCUT2D eigenvalue weighted by Crippen LogP contribution is 2.64. The van der Waals surface area contributed by atoms with Crippen LogP contribution in [0.1, 0.15) is 52.4 Å². The van der Waals surface area contributed by atoms with Crippen molar-refractivity contribution in [3.05, 3.63) is 55.6 Å². The molecule has 4 rings (SSSR count). The number of benzene rings is 1. The molecule has 3 saturated heterocycles. The van der Waals surface area contributed by atoms with Crippen LogP contribution in [0.4, 0.5) is 5.69 Å². The van der Waals surface area contributed by atoms with Crippen molar-refractivity contribution in [1.82, 2.24) is 9.80 Å². The molecule has 1 N–H and O–H groups in total. The number of fused-ring (bicyclic) bond motifs is 1. The molecule has 3 amide bonds. The van der Waals surface area contributed by atoms with E-state index in [0.717, 1.165) is 24.9 Å². The summed E-state index contributed by atoms with van der Waals surface area (Å²) in [6.07, 6.45) is 7.90. The zero-order valence-corrected chi connectivity index (χ0v) is 23.4. The second-order valence-corrected chi connectivity index (χ2v) is 10.9. The predicted octanol–water partition coefficient (Wildman–Crippen LogP) is 3.56. The lowest BCUT2D eigenvalue weighted by molar-refractivity contribution is -0.153. The Bertz CT molecular complexity index is 1080. The van der Waals surface area contributed by atoms with Crippen molar-refractivity contribution < 1.29 is 24.2 Å². The van der Waals surface area contributed by atoms with Crippen molar-refractivity contribution in [3.63, 3.8) is 0 Å². The molecule has 2 bridgehead atoms. The van der Waals surface area contributed by atoms with Crippen LogP contribution in [-0.4, -0.2) is 82.7 Å². The van der Waals surface area contributed by atoms with Gasteiger partial charge in [-0.15, -0.1) is 13.2 Å². The van der Waals surface area contributed by atoms with E-state index in [1.54, 1.807) is 22.0 Å². The van der Waals surface area contributed by atoms with Crippen molar-refractivity contribution in [2.45, 2.75) is 69.6 Å². The number of anilines is 1. The van der Waals surface area contributed by atoms with Crippen LogP contribution < -0.4 is 4.90 Å². The Balaban J connectivity index is 1.77. The smallest absolute Gasteiger partial charge is 0.248 e. The molecule has 0 aliphatic carbocycles. The molecule has 212 valence electrons. The van der Waals surface area contributed by atoms with Crippen LogP contribution in [0.3, 0.4) is 0 Å². The van der Waals surface area contributed by atoms with Crippen molar-refractivity contribution >= 4 is 23.4 Å². The highest BCUT2D eigenvalue weighted by atomic mass is 16.5. The summed E-state index contributed by atoms with van der Waals surface area (Å²) in [5.74, 6) is -2.20. The monoisotopic (exact) mass is 537 g/mol. The van der Waals surface area contributed by atoms with Gasteiger partial charge in [-0.2, -0.15) is 0 Å². The number of rotatable bonds is 14. The molecule has 8 nitrogen and oxygen atoms in total. The molecule has 0 aromatic heterocycles. The van der Waals surface area contributed by atoms with Gasteiger partial charge in [0.1, 0.15) is 11.6 Å². The van der Waals surface area contributed by atoms with Crippen molar-refractivity contribution in [1.29, 1.82) is 0 Å². The molecule has 3 aliphatic rings. The molecule has 8 heteroatoms. The lowest BCUT2D eigenvalue weighted by Gasteiger charge is -2.37. The number of hydrogen-bond donors (Lipinski definition) is 1. The van der Waals surface area contributed by atoms with Gasteiger partial charge in [-0.05, 0) is 37.8 Å². The summed E-state index contributed by atoms with van der Waals surface area (Å²) in [5.41, 5.74) is -1.22. The quantitative estimate of drug-likeness (QED) is 0.290. The summed E-state index contributed by atoms with van der Waals surface area (Å²) < 4.78 is 6.86. The third-order valence-electron chi connectivity index (χ3n) is 8.86. The molecule has 3 heterocycles. The Kier molecular flexibility index (Phi) is 8.96. The van der Waals surface area contributed by atoms with E-state index in [0.29, 0.717) is 38.9 Å². The normalized spacial score (nSPS) is 28.8. The highest BCUT2D eigenvalue weighted by Gasteiger charge is 2.79. The Morgan fingerprint density at radius 3 is 2.44 bits per heavy atom. The minimum atomic E-state index is -1.11. The number of aliphatic hydroxyl groups excluding tert-OH is 1. The van der Waals surface area contributed by atoms with Gasteiger partial charge >= 0.3 is 0 Å². The Hall–Kier alpha value is -2.97. The lowest BCUT2D eigenvalue weighted by Crippen LogP contribution is -2.56. The van der Waals surface area contributed by atoms with Crippen molar-refractivity contribution in [2.75, 3.05) is 37.7 Å². The lowest BCUT2D eigenvalue weighted by atomic mass is 9.64. The number of ether oxygens (including phenoxy) is 1. The third-order valence-corrected chi connectivity index (χ3v) is 8.86. The Morgan fingerprint density at radius 1 is 1.10 bits per heavy atom. The van der Waals surface area contributed by atoms with Gasteiger partial charge in [0, 0.05) is 31.9 Å². The summed E-state index contributed by atoms with van der Waals surface area (Å²) in [5, 5.41) is 9.91. The van der Waals surface area contributed by atoms with Gasteiger partial charge in [-0.1, -0.05) is 57.0 Å². The number of carbonyl (C=O) groups excluding carboxylic acids is 3. The molecule has 1 aromatic rings. The molecular formula is C31H43N3O5. The van der Waals surface area contributed by atoms with Gasteiger partial charge in [0.05, 0.1) is 24.0 Å². The molecule has 3 aliphatic heterocycles. The molecule has 2 unspecified atom stereocenters. The fourth-order valence-electron chi connectivity index (χ4n) is 7.12. The van der Waals surface area contributed by atoms with E-state index in [2.05, 4.69) is 20.1 Å². The maximum Gasteiger partial charge on any atom is 0.248 e. The number of para-hydroxylation sites is 1. The number of nitrogens with zero attached hydrogens (tertiary/aromatic N) is 3. The molecule has 1 spiro atoms. The van der Waals surface area contributed by atoms with E-state index in [1.165, 1.54) is 4.90 Å². The number of amides is 3. The van der Waals surface area contributed by atoms with Crippen LogP contribution in [-0.2, 0) is 19.1 Å². The average molecular weight is 538 g/mol. The van der Waals surface area contributed by atoms with Crippen LogP contribution in [0.15, 0.2) is 55.6 Å². The number of hydrogen-bond acceptors (Lipinski definition) is 5. The Morgan fingerprint density at radius 2 is 1.82 bits per heavy atom. The summed E-state index contributed by atoms with van der Waals surface area (Å²) in [4.78, 5) is 47.7. The van der Waals surface area contributed by atoms with E-state index in [-0.39, 0.29) is 30.9 Å². The van der Waals surface area contributed by atoms with Gasteiger partial charge in [0.25, 0.3) is 0 Å². The average Bonchev–Trinajstić information content (AvgIpc) is 3.55. The third kappa shape index (κ3) is 4.82. The van der Waals surface area contributed by atoms with Crippen molar-refractivity contribution in [2.24, 2.45) is 11.8 Å². The van der Waals surface area contributed by atoms with Gasteiger partial charge in [0.15, 0.2) is 0 Å². The summed E-state index contributed by atoms with van der Waals surface area (Å²) in [7, 11) is 0. The largest absolute Gasteiger partial charge is 0.395 e. The number of carbonyl (C=O) groups is 3. The number of β-amino-alcohol motifs (C(OH)–C–C–N with tert-alkyl or cyclic N) is 1. The minimum absolute atomic E-state index is 0.0167. The topological polar surface area (TPSA) is 90.4 Å². The van der Waals surface area contributed by atoms with Crippen LogP contribution >= 0.6 is 0 Å². The maximum atomic E-state index is 14.4. The first kappa shape index (κ1) is 29.0. The standard InChI is InChI=1S/C31H43N3O5/c1-5-9-13-20-32(18-6-2)29(38)26-31-17-16-30(8-4,39-31)24(25(31)28(37)34(26)21-22-35)27(36)33(19-7-3)23-14-11-10-12-15-23/h6-7,10-12,14-15,24-26,35H,2-3,5,8-9,13,16-22H2,1,4H3/t24-,25+,26?,30+,31?/m1/s1. The van der Waals surface area contributed by atoms with E-state index in [4.69, 9.17) is 4.74 Å². The summed E-state index contributed by atoms with van der Waals surface area (Å²) >= 11 is 0. The summed E-state index contributed by atoms with van der Waals surface area (Å²) in [6, 6.07) is 8.49. The molecular weight excluding hydrogens is 494 g/mol. The van der Waals surface area contributed by atoms with E-state index in [9.17, 15) is 19.5 Å². The zero-order valence-electron chi connectivity index (χ0n) is 23.4. The van der Waals surface area contributed by atoms with E-state index in [1.807, 2.05) is 37.3 Å². The molecule has 1 aromatic carbocycles. The summed E-state index contributed by atoms with van der Waals surface area (Å²) in [6.45, 7) is 12.7. The van der Waals surface area contributed by atoms with Crippen LogP contribution in [0.5, 0.6) is 0 Å². The highest BCUT2D eigenvalue weighted by molar-refractivity contribution is 6.03. The van der Waals surface area contributed by atoms with Crippen LogP contribution in [0, 0.1) is 11.8 Å². The second-order valence-electron chi connectivity index (χ2n) is 10.9. The number of aliphatic hydroxyl groups is 1. The van der Waals surface area contributed by atoms with Crippen LogP contribution in [0.25, 0.3) is 0 Å². The number of unbranched alkanes of at least 4 members (excludes halogenated alkanes) is 2. The fourth-order valence-corrected chi connectivity index (χ4v) is 7.12. The second kappa shape index (κ2) is 12.0. The van der Waals surface area contributed by atoms with Gasteiger partial charge < -0.3 is 24.5 Å².